The van der Waals surface area contributed by atoms with Crippen molar-refractivity contribution in [1.29, 1.82) is 0 Å². The molecule has 0 bridgehead atoms. The molecule has 19 heavy (non-hydrogen) atoms. The van der Waals surface area contributed by atoms with Crippen molar-refractivity contribution in [2.24, 2.45) is 0 Å². The number of hydrogen-bond donors (Lipinski definition) is 2. The summed E-state index contributed by atoms with van der Waals surface area (Å²) in [4.78, 5) is 23.3. The third kappa shape index (κ3) is 6.07. The minimum absolute atomic E-state index is 0.188. The number of alkyl carbamates (subject to hydrolysis) is 1. The molecule has 5 nitrogen and oxygen atoms in total. The first-order chi connectivity index (χ1) is 8.67. The largest absolute Gasteiger partial charge is 0.481 e. The predicted molar refractivity (Wildman–Crippen MR) is 76.4 cm³/mol. The fourth-order valence-corrected chi connectivity index (χ4v) is 2.85. The molecule has 0 aliphatic carbocycles. The molecule has 1 aromatic rings. The Bertz CT molecular complexity index is 467. The molecule has 0 fully saturated rings. The maximum Gasteiger partial charge on any atom is 0.408 e. The number of rotatable bonds is 4. The normalized spacial score (nSPS) is 12.8. The van der Waals surface area contributed by atoms with Gasteiger partial charge in [-0.3, -0.25) is 4.79 Å². The summed E-state index contributed by atoms with van der Waals surface area (Å²) in [5.41, 5.74) is -0.617. The van der Waals surface area contributed by atoms with Crippen molar-refractivity contribution in [2.75, 3.05) is 0 Å². The van der Waals surface area contributed by atoms with Crippen LogP contribution in [0.2, 0.25) is 0 Å². The van der Waals surface area contributed by atoms with E-state index in [9.17, 15) is 9.59 Å². The molecular formula is C12H16BrNO4S. The number of hydrogen-bond acceptors (Lipinski definition) is 4. The van der Waals surface area contributed by atoms with Crippen LogP contribution in [0.15, 0.2) is 15.9 Å². The van der Waals surface area contributed by atoms with E-state index in [1.165, 1.54) is 11.3 Å². The first-order valence-electron chi connectivity index (χ1n) is 5.62. The van der Waals surface area contributed by atoms with Crippen LogP contribution < -0.4 is 5.32 Å². The minimum atomic E-state index is -0.981. The molecule has 1 rings (SSSR count). The van der Waals surface area contributed by atoms with Crippen LogP contribution >= 0.6 is 27.3 Å². The second-order valence-electron chi connectivity index (χ2n) is 4.96. The maximum absolute atomic E-state index is 11.7. The number of aliphatic carboxylic acids is 1. The molecule has 0 aliphatic rings. The Morgan fingerprint density at radius 3 is 2.58 bits per heavy atom. The van der Waals surface area contributed by atoms with Crippen LogP contribution in [0.4, 0.5) is 4.79 Å². The van der Waals surface area contributed by atoms with Crippen LogP contribution in [-0.2, 0) is 9.53 Å². The van der Waals surface area contributed by atoms with Crippen LogP contribution in [0.5, 0.6) is 0 Å². The monoisotopic (exact) mass is 349 g/mol. The number of ether oxygens (including phenoxy) is 1. The summed E-state index contributed by atoms with van der Waals surface area (Å²) < 4.78 is 5.98. The molecule has 1 atom stereocenters. The Kier molecular flexibility index (Phi) is 5.37. The summed E-state index contributed by atoms with van der Waals surface area (Å²) in [6.07, 6.45) is -0.810. The summed E-state index contributed by atoms with van der Waals surface area (Å²) >= 11 is 4.68. The summed E-state index contributed by atoms with van der Waals surface area (Å²) in [5, 5.41) is 13.3. The fraction of sp³-hybridized carbons (Fsp3) is 0.500. The van der Waals surface area contributed by atoms with Crippen molar-refractivity contribution < 1.29 is 19.4 Å². The Morgan fingerprint density at radius 1 is 1.53 bits per heavy atom. The molecule has 1 aromatic heterocycles. The van der Waals surface area contributed by atoms with Gasteiger partial charge in [-0.25, -0.2) is 4.79 Å². The smallest absolute Gasteiger partial charge is 0.408 e. The third-order valence-corrected chi connectivity index (χ3v) is 3.81. The molecular weight excluding hydrogens is 334 g/mol. The first kappa shape index (κ1) is 16.0. The molecule has 2 N–H and O–H groups in total. The number of halogens is 1. The molecule has 0 saturated carbocycles. The summed E-state index contributed by atoms with van der Waals surface area (Å²) in [6, 6.07) is 1.19. The number of nitrogens with one attached hydrogen (secondary N) is 1. The molecule has 0 unspecified atom stereocenters. The van der Waals surface area contributed by atoms with E-state index in [4.69, 9.17) is 9.84 Å². The first-order valence-corrected chi connectivity index (χ1v) is 7.30. The lowest BCUT2D eigenvalue weighted by Crippen LogP contribution is -2.35. The highest BCUT2D eigenvalue weighted by molar-refractivity contribution is 9.10. The Hall–Kier alpha value is -1.08. The van der Waals surface area contributed by atoms with Crippen molar-refractivity contribution >= 4 is 39.3 Å². The second kappa shape index (κ2) is 6.38. The number of carbonyl (C=O) groups excluding carboxylic acids is 1. The zero-order valence-electron chi connectivity index (χ0n) is 10.9. The summed E-state index contributed by atoms with van der Waals surface area (Å²) in [5.74, 6) is -0.981. The summed E-state index contributed by atoms with van der Waals surface area (Å²) in [6.45, 7) is 5.25. The van der Waals surface area contributed by atoms with Gasteiger partial charge >= 0.3 is 12.1 Å². The minimum Gasteiger partial charge on any atom is -0.481 e. The number of carbonyl (C=O) groups is 2. The molecule has 1 amide bonds. The van der Waals surface area contributed by atoms with Gasteiger partial charge in [0.05, 0.1) is 12.5 Å². The second-order valence-corrected chi connectivity index (χ2v) is 6.82. The van der Waals surface area contributed by atoms with E-state index >= 15 is 0 Å². The van der Waals surface area contributed by atoms with Gasteiger partial charge in [0.1, 0.15) is 5.60 Å². The molecule has 0 radical (unpaired) electrons. The van der Waals surface area contributed by atoms with E-state index in [-0.39, 0.29) is 6.42 Å². The number of carboxylic acid groups (broad SMARTS) is 1. The Balaban J connectivity index is 2.76. The quantitative estimate of drug-likeness (QED) is 0.871. The lowest BCUT2D eigenvalue weighted by Gasteiger charge is -2.22. The van der Waals surface area contributed by atoms with E-state index in [0.29, 0.717) is 0 Å². The topological polar surface area (TPSA) is 75.6 Å². The van der Waals surface area contributed by atoms with Crippen LogP contribution in [0.1, 0.15) is 38.1 Å². The van der Waals surface area contributed by atoms with Gasteiger partial charge in [0.25, 0.3) is 0 Å². The number of carboxylic acids is 1. The van der Waals surface area contributed by atoms with Gasteiger partial charge in [-0.2, -0.15) is 0 Å². The molecule has 0 aliphatic heterocycles. The Labute approximate surface area is 124 Å². The third-order valence-electron chi connectivity index (χ3n) is 2.00. The van der Waals surface area contributed by atoms with Gasteiger partial charge in [0, 0.05) is 14.7 Å². The van der Waals surface area contributed by atoms with Crippen molar-refractivity contribution in [3.05, 3.63) is 20.8 Å². The summed E-state index contributed by atoms with van der Waals surface area (Å²) in [7, 11) is 0. The zero-order valence-corrected chi connectivity index (χ0v) is 13.3. The van der Waals surface area contributed by atoms with Gasteiger partial charge in [-0.15, -0.1) is 11.3 Å². The molecule has 0 spiro atoms. The lowest BCUT2D eigenvalue weighted by molar-refractivity contribution is -0.137. The fourth-order valence-electron chi connectivity index (χ4n) is 1.36. The molecule has 7 heteroatoms. The highest BCUT2D eigenvalue weighted by Crippen LogP contribution is 2.28. The number of amides is 1. The van der Waals surface area contributed by atoms with Gasteiger partial charge in [-0.1, -0.05) is 0 Å². The van der Waals surface area contributed by atoms with Crippen molar-refractivity contribution in [2.45, 2.75) is 38.8 Å². The van der Waals surface area contributed by atoms with Gasteiger partial charge in [0.2, 0.25) is 0 Å². The SMILES string of the molecule is CC(C)(C)OC(=O)N[C@H](CC(=O)O)c1cc(Br)cs1. The zero-order chi connectivity index (χ0) is 14.6. The van der Waals surface area contributed by atoms with E-state index in [2.05, 4.69) is 21.2 Å². The lowest BCUT2D eigenvalue weighted by atomic mass is 10.1. The Morgan fingerprint density at radius 2 is 2.16 bits per heavy atom. The maximum atomic E-state index is 11.7. The standard InChI is InChI=1S/C12H16BrNO4S/c1-12(2,3)18-11(17)14-8(5-10(15)16)9-4-7(13)6-19-9/h4,6,8H,5H2,1-3H3,(H,14,17)(H,15,16)/t8-/m1/s1. The van der Waals surface area contributed by atoms with E-state index in [1.807, 2.05) is 5.38 Å². The van der Waals surface area contributed by atoms with E-state index in [0.717, 1.165) is 9.35 Å². The van der Waals surface area contributed by atoms with Crippen molar-refractivity contribution in [3.8, 4) is 0 Å². The van der Waals surface area contributed by atoms with Crippen molar-refractivity contribution in [3.63, 3.8) is 0 Å². The van der Waals surface area contributed by atoms with Crippen LogP contribution in [0.3, 0.4) is 0 Å². The average Bonchev–Trinajstić information content (AvgIpc) is 2.60. The molecule has 1 heterocycles. The van der Waals surface area contributed by atoms with E-state index in [1.54, 1.807) is 26.8 Å². The van der Waals surface area contributed by atoms with Gasteiger partial charge in [0.15, 0.2) is 0 Å². The highest BCUT2D eigenvalue weighted by Gasteiger charge is 2.23. The average molecular weight is 350 g/mol. The van der Waals surface area contributed by atoms with Gasteiger partial charge < -0.3 is 15.2 Å². The van der Waals surface area contributed by atoms with Crippen molar-refractivity contribution in [1.82, 2.24) is 5.32 Å². The van der Waals surface area contributed by atoms with Crippen LogP contribution in [0, 0.1) is 0 Å². The molecule has 106 valence electrons. The molecule has 0 aromatic carbocycles. The van der Waals surface area contributed by atoms with Crippen LogP contribution in [0.25, 0.3) is 0 Å². The molecule has 0 saturated heterocycles. The van der Waals surface area contributed by atoms with E-state index < -0.39 is 23.7 Å². The van der Waals surface area contributed by atoms with Gasteiger partial charge in [-0.05, 0) is 42.8 Å². The predicted octanol–water partition coefficient (Wildman–Crippen LogP) is 3.55. The van der Waals surface area contributed by atoms with Crippen LogP contribution in [-0.4, -0.2) is 22.8 Å². The number of thiophene rings is 1. The highest BCUT2D eigenvalue weighted by atomic mass is 79.9.